The molecule has 1 nitrogen and oxygen atoms in total. The second-order valence-electron chi connectivity index (χ2n) is 5.76. The summed E-state index contributed by atoms with van der Waals surface area (Å²) in [7, 11) is 0. The van der Waals surface area contributed by atoms with E-state index >= 15 is 0 Å². The summed E-state index contributed by atoms with van der Waals surface area (Å²) in [5, 5.41) is 0. The van der Waals surface area contributed by atoms with E-state index in [1.54, 1.807) is 0 Å². The molecule has 2 rings (SSSR count). The van der Waals surface area contributed by atoms with Crippen LogP contribution in [0.4, 0.5) is 0 Å². The molecule has 2 saturated carbocycles. The summed E-state index contributed by atoms with van der Waals surface area (Å²) in [6, 6.07) is 0.348. The van der Waals surface area contributed by atoms with Crippen LogP contribution in [0.5, 0.6) is 0 Å². The predicted molar refractivity (Wildman–Crippen MR) is 56.2 cm³/mol. The summed E-state index contributed by atoms with van der Waals surface area (Å²) >= 11 is 0. The molecule has 13 heavy (non-hydrogen) atoms. The molecule has 0 bridgehead atoms. The van der Waals surface area contributed by atoms with Crippen LogP contribution in [0.15, 0.2) is 0 Å². The zero-order valence-electron chi connectivity index (χ0n) is 9.54. The largest absolute Gasteiger partial charge is 0.328 e. The Labute approximate surface area is 82.1 Å². The molecule has 1 heteroatoms. The molecule has 7 unspecified atom stereocenters. The quantitative estimate of drug-likeness (QED) is 0.696. The highest BCUT2D eigenvalue weighted by Crippen LogP contribution is 2.76. The van der Waals surface area contributed by atoms with E-state index in [0.717, 1.165) is 23.7 Å². The zero-order valence-corrected chi connectivity index (χ0v) is 9.54. The molecule has 7 atom stereocenters. The van der Waals surface area contributed by atoms with Crippen LogP contribution in [-0.4, -0.2) is 6.04 Å². The van der Waals surface area contributed by atoms with Crippen LogP contribution in [0.1, 0.15) is 34.6 Å². The van der Waals surface area contributed by atoms with E-state index in [1.165, 1.54) is 0 Å². The average molecular weight is 181 g/mol. The number of hydrogen-bond donors (Lipinski definition) is 1. The van der Waals surface area contributed by atoms with Gasteiger partial charge in [-0.2, -0.15) is 0 Å². The Bertz CT molecular complexity index is 215. The molecule has 0 aromatic heterocycles. The normalized spacial score (nSPS) is 57.7. The second kappa shape index (κ2) is 2.50. The molecular weight excluding hydrogens is 158 g/mol. The molecule has 0 heterocycles. The van der Waals surface area contributed by atoms with Gasteiger partial charge < -0.3 is 5.73 Å². The van der Waals surface area contributed by atoms with Crippen LogP contribution in [0.25, 0.3) is 0 Å². The first-order valence-electron chi connectivity index (χ1n) is 5.68. The molecule has 0 aromatic rings. The smallest absolute Gasteiger partial charge is 0.00415 e. The van der Waals surface area contributed by atoms with Gasteiger partial charge in [-0.25, -0.2) is 0 Å². The van der Waals surface area contributed by atoms with Gasteiger partial charge in [-0.1, -0.05) is 27.7 Å². The minimum absolute atomic E-state index is 0.348. The molecule has 76 valence electrons. The number of fused-ring (bicyclic) bond motifs is 1. The Hall–Kier alpha value is -0.0400. The molecule has 2 fully saturated rings. The van der Waals surface area contributed by atoms with Gasteiger partial charge in [-0.15, -0.1) is 0 Å². The lowest BCUT2D eigenvalue weighted by Crippen LogP contribution is -2.49. The molecule has 2 aliphatic rings. The molecule has 2 aliphatic carbocycles. The van der Waals surface area contributed by atoms with E-state index in [0.29, 0.717) is 17.4 Å². The van der Waals surface area contributed by atoms with Crippen molar-refractivity contribution >= 4 is 0 Å². The van der Waals surface area contributed by atoms with Gasteiger partial charge in [0.1, 0.15) is 0 Å². The van der Waals surface area contributed by atoms with E-state index in [2.05, 4.69) is 34.6 Å². The molecule has 0 aromatic carbocycles. The number of hydrogen-bond acceptors (Lipinski definition) is 1. The van der Waals surface area contributed by atoms with Crippen LogP contribution in [0.3, 0.4) is 0 Å². The zero-order chi connectivity index (χ0) is 9.96. The van der Waals surface area contributed by atoms with Crippen LogP contribution < -0.4 is 5.73 Å². The van der Waals surface area contributed by atoms with Gasteiger partial charge in [0, 0.05) is 6.04 Å². The summed E-state index contributed by atoms with van der Waals surface area (Å²) in [4.78, 5) is 0. The van der Waals surface area contributed by atoms with Crippen LogP contribution in [0.2, 0.25) is 0 Å². The van der Waals surface area contributed by atoms with Crippen molar-refractivity contribution in [1.82, 2.24) is 0 Å². The first-order valence-corrected chi connectivity index (χ1v) is 5.68. The van der Waals surface area contributed by atoms with Crippen molar-refractivity contribution in [2.75, 3.05) is 0 Å². The Balaban J connectivity index is 2.14. The Morgan fingerprint density at radius 3 is 2.08 bits per heavy atom. The number of rotatable bonds is 2. The first kappa shape index (κ1) is 9.51. The summed E-state index contributed by atoms with van der Waals surface area (Å²) in [6.45, 7) is 11.8. The van der Waals surface area contributed by atoms with Crippen molar-refractivity contribution in [2.24, 2.45) is 40.7 Å². The van der Waals surface area contributed by atoms with Crippen molar-refractivity contribution in [3.05, 3.63) is 0 Å². The van der Waals surface area contributed by atoms with Crippen molar-refractivity contribution in [3.8, 4) is 0 Å². The first-order chi connectivity index (χ1) is 5.92. The predicted octanol–water partition coefficient (Wildman–Crippen LogP) is 2.51. The lowest BCUT2D eigenvalue weighted by Gasteiger charge is -2.50. The van der Waals surface area contributed by atoms with E-state index < -0.39 is 0 Å². The van der Waals surface area contributed by atoms with Crippen molar-refractivity contribution in [1.29, 1.82) is 0 Å². The average Bonchev–Trinajstić information content (AvgIpc) is 2.71. The number of nitrogens with two attached hydrogens (primary N) is 1. The van der Waals surface area contributed by atoms with Crippen molar-refractivity contribution in [2.45, 2.75) is 40.7 Å². The topological polar surface area (TPSA) is 26.0 Å². The Morgan fingerprint density at radius 2 is 1.77 bits per heavy atom. The monoisotopic (exact) mass is 181 g/mol. The van der Waals surface area contributed by atoms with Crippen LogP contribution in [0, 0.1) is 35.0 Å². The van der Waals surface area contributed by atoms with Gasteiger partial charge >= 0.3 is 0 Å². The molecule has 0 saturated heterocycles. The van der Waals surface area contributed by atoms with E-state index in [-0.39, 0.29) is 0 Å². The highest BCUT2D eigenvalue weighted by molar-refractivity contribution is 5.20. The van der Waals surface area contributed by atoms with Gasteiger partial charge in [-0.3, -0.25) is 0 Å². The third-order valence-corrected chi connectivity index (χ3v) is 5.49. The molecule has 2 N–H and O–H groups in total. The maximum Gasteiger partial charge on any atom is 0.00415 e. The maximum atomic E-state index is 6.02. The fourth-order valence-electron chi connectivity index (χ4n) is 4.13. The van der Waals surface area contributed by atoms with Crippen LogP contribution in [-0.2, 0) is 0 Å². The lowest BCUT2D eigenvalue weighted by molar-refractivity contribution is -0.0199. The van der Waals surface area contributed by atoms with Crippen LogP contribution >= 0.6 is 0 Å². The summed E-state index contributed by atoms with van der Waals surface area (Å²) < 4.78 is 0. The third kappa shape index (κ3) is 0.918. The Kier molecular flexibility index (Phi) is 1.83. The highest BCUT2D eigenvalue weighted by Gasteiger charge is 2.72. The summed E-state index contributed by atoms with van der Waals surface area (Å²) in [6.07, 6.45) is 0. The van der Waals surface area contributed by atoms with E-state index in [1.807, 2.05) is 0 Å². The SMILES string of the molecule is CC(N)C(C)C1(C)C(C)C2C(C)C21. The molecule has 0 amide bonds. The molecular formula is C12H23N. The van der Waals surface area contributed by atoms with E-state index in [4.69, 9.17) is 5.73 Å². The fourth-order valence-corrected chi connectivity index (χ4v) is 4.13. The minimum Gasteiger partial charge on any atom is -0.328 e. The third-order valence-electron chi connectivity index (χ3n) is 5.49. The van der Waals surface area contributed by atoms with Gasteiger partial charge in [-0.05, 0) is 41.9 Å². The summed E-state index contributed by atoms with van der Waals surface area (Å²) in [5.74, 6) is 4.57. The van der Waals surface area contributed by atoms with E-state index in [9.17, 15) is 0 Å². The lowest BCUT2D eigenvalue weighted by atomic mass is 9.55. The molecule has 0 spiro atoms. The van der Waals surface area contributed by atoms with Crippen molar-refractivity contribution in [3.63, 3.8) is 0 Å². The standard InChI is InChI=1S/C12H23N/c1-6-10-8(3)12(5,11(6)10)7(2)9(4)13/h6-11H,13H2,1-5H3. The summed E-state index contributed by atoms with van der Waals surface area (Å²) in [5.41, 5.74) is 6.56. The second-order valence-corrected chi connectivity index (χ2v) is 5.76. The van der Waals surface area contributed by atoms with Gasteiger partial charge in [0.2, 0.25) is 0 Å². The fraction of sp³-hybridized carbons (Fsp3) is 1.00. The van der Waals surface area contributed by atoms with Gasteiger partial charge in [0.05, 0.1) is 0 Å². The highest BCUT2D eigenvalue weighted by atomic mass is 14.8. The molecule has 0 aliphatic heterocycles. The van der Waals surface area contributed by atoms with Crippen molar-refractivity contribution < 1.29 is 0 Å². The molecule has 0 radical (unpaired) electrons. The van der Waals surface area contributed by atoms with Gasteiger partial charge in [0.15, 0.2) is 0 Å². The van der Waals surface area contributed by atoms with Gasteiger partial charge in [0.25, 0.3) is 0 Å². The Morgan fingerprint density at radius 1 is 1.23 bits per heavy atom. The minimum atomic E-state index is 0.348. The maximum absolute atomic E-state index is 6.02.